The lowest BCUT2D eigenvalue weighted by Gasteiger charge is -2.13. The molecule has 1 atom stereocenters. The van der Waals surface area contributed by atoms with E-state index in [1.54, 1.807) is 0 Å². The molecule has 0 fully saturated rings. The first-order chi connectivity index (χ1) is 5.09. The Labute approximate surface area is 67.6 Å². The number of terminal acetylenes is 1. The molecule has 0 rings (SSSR count). The van der Waals surface area contributed by atoms with Crippen molar-refractivity contribution in [3.8, 4) is 12.3 Å². The average Bonchev–Trinajstić information content (AvgIpc) is 1.87. The van der Waals surface area contributed by atoms with E-state index in [1.165, 1.54) is 0 Å². The van der Waals surface area contributed by atoms with E-state index in [0.29, 0.717) is 12.8 Å². The van der Waals surface area contributed by atoms with Crippen LogP contribution in [0.3, 0.4) is 0 Å². The summed E-state index contributed by atoms with van der Waals surface area (Å²) in [5.41, 5.74) is 0. The first kappa shape index (κ1) is 10.0. The van der Waals surface area contributed by atoms with Gasteiger partial charge in [-0.2, -0.15) is 0 Å². The number of carboxylic acids is 1. The Morgan fingerprint density at radius 2 is 2.18 bits per heavy atom. The molecule has 11 heavy (non-hydrogen) atoms. The molecule has 0 aromatic carbocycles. The number of carbonyl (C=O) groups is 1. The van der Waals surface area contributed by atoms with E-state index in [-0.39, 0.29) is 11.8 Å². The zero-order valence-electron chi connectivity index (χ0n) is 7.00. The molecule has 0 radical (unpaired) electrons. The summed E-state index contributed by atoms with van der Waals surface area (Å²) in [6.07, 6.45) is 6.17. The molecule has 1 N–H and O–H groups in total. The average molecular weight is 154 g/mol. The minimum absolute atomic E-state index is 0.167. The van der Waals surface area contributed by atoms with Crippen LogP contribution in [-0.2, 0) is 4.79 Å². The second-order valence-electron chi connectivity index (χ2n) is 2.93. The van der Waals surface area contributed by atoms with Gasteiger partial charge in [-0.05, 0) is 12.3 Å². The van der Waals surface area contributed by atoms with Gasteiger partial charge in [-0.3, -0.25) is 4.79 Å². The Bertz CT molecular complexity index is 165. The molecule has 0 aromatic heterocycles. The largest absolute Gasteiger partial charge is 0.481 e. The van der Waals surface area contributed by atoms with Crippen molar-refractivity contribution in [2.24, 2.45) is 11.8 Å². The van der Waals surface area contributed by atoms with Crippen molar-refractivity contribution in [2.75, 3.05) is 0 Å². The van der Waals surface area contributed by atoms with Crippen molar-refractivity contribution in [2.45, 2.75) is 26.7 Å². The highest BCUT2D eigenvalue weighted by Crippen LogP contribution is 2.16. The smallest absolute Gasteiger partial charge is 0.306 e. The van der Waals surface area contributed by atoms with Gasteiger partial charge in [0.15, 0.2) is 0 Å². The third kappa shape index (κ3) is 3.67. The summed E-state index contributed by atoms with van der Waals surface area (Å²) in [5.74, 6) is 1.59. The van der Waals surface area contributed by atoms with Gasteiger partial charge < -0.3 is 5.11 Å². The molecule has 0 unspecified atom stereocenters. The van der Waals surface area contributed by atoms with Gasteiger partial charge in [0, 0.05) is 6.42 Å². The van der Waals surface area contributed by atoms with Crippen LogP contribution in [0.15, 0.2) is 0 Å². The number of carboxylic acid groups (broad SMARTS) is 1. The quantitative estimate of drug-likeness (QED) is 0.626. The molecule has 0 aliphatic rings. The maximum atomic E-state index is 10.6. The predicted molar refractivity (Wildman–Crippen MR) is 44.0 cm³/mol. The molecule has 0 saturated carbocycles. The molecule has 2 heteroatoms. The monoisotopic (exact) mass is 154 g/mol. The summed E-state index contributed by atoms with van der Waals surface area (Å²) in [4.78, 5) is 10.6. The maximum absolute atomic E-state index is 10.6. The topological polar surface area (TPSA) is 37.3 Å². The fourth-order valence-corrected chi connectivity index (χ4v) is 0.981. The zero-order chi connectivity index (χ0) is 8.85. The minimum Gasteiger partial charge on any atom is -0.481 e. The first-order valence-electron chi connectivity index (χ1n) is 3.75. The summed E-state index contributed by atoms with van der Waals surface area (Å²) in [5, 5.41) is 8.70. The molecule has 0 bridgehead atoms. The highest BCUT2D eigenvalue weighted by molar-refractivity contribution is 5.70. The van der Waals surface area contributed by atoms with E-state index in [9.17, 15) is 4.79 Å². The van der Waals surface area contributed by atoms with E-state index in [1.807, 2.05) is 13.8 Å². The van der Waals surface area contributed by atoms with Crippen LogP contribution >= 0.6 is 0 Å². The molecule has 2 nitrogen and oxygen atoms in total. The van der Waals surface area contributed by atoms with Gasteiger partial charge in [0.25, 0.3) is 0 Å². The lowest BCUT2D eigenvalue weighted by molar-refractivity contribution is -0.143. The van der Waals surface area contributed by atoms with Crippen LogP contribution in [0.5, 0.6) is 0 Å². The molecule has 0 aliphatic carbocycles. The van der Waals surface area contributed by atoms with Crippen LogP contribution < -0.4 is 0 Å². The molecule has 0 heterocycles. The summed E-state index contributed by atoms with van der Waals surface area (Å²) in [7, 11) is 0. The highest BCUT2D eigenvalue weighted by Gasteiger charge is 2.19. The van der Waals surface area contributed by atoms with Crippen LogP contribution in [0.25, 0.3) is 0 Å². The standard InChI is InChI=1S/C9H14O2/c1-4-5-6-8(7(2)3)9(10)11/h1,7-8H,5-6H2,2-3H3,(H,10,11)/t8-/m1/s1. The third-order valence-electron chi connectivity index (χ3n) is 1.72. The summed E-state index contributed by atoms with van der Waals surface area (Å²) >= 11 is 0. The van der Waals surface area contributed by atoms with E-state index in [4.69, 9.17) is 11.5 Å². The van der Waals surface area contributed by atoms with Gasteiger partial charge in [-0.1, -0.05) is 13.8 Å². The highest BCUT2D eigenvalue weighted by atomic mass is 16.4. The summed E-state index contributed by atoms with van der Waals surface area (Å²) in [6.45, 7) is 3.80. The zero-order valence-corrected chi connectivity index (χ0v) is 7.00. The van der Waals surface area contributed by atoms with Crippen LogP contribution in [0.2, 0.25) is 0 Å². The van der Waals surface area contributed by atoms with E-state index in [0.717, 1.165) is 0 Å². The normalized spacial score (nSPS) is 12.5. The summed E-state index contributed by atoms with van der Waals surface area (Å²) < 4.78 is 0. The maximum Gasteiger partial charge on any atom is 0.306 e. The minimum atomic E-state index is -0.741. The van der Waals surface area contributed by atoms with Crippen LogP contribution in [-0.4, -0.2) is 11.1 Å². The van der Waals surface area contributed by atoms with Gasteiger partial charge in [0.2, 0.25) is 0 Å². The predicted octanol–water partition coefficient (Wildman–Crippen LogP) is 1.76. The second-order valence-corrected chi connectivity index (χ2v) is 2.93. The van der Waals surface area contributed by atoms with Crippen molar-refractivity contribution in [3.05, 3.63) is 0 Å². The summed E-state index contributed by atoms with van der Waals surface area (Å²) in [6, 6.07) is 0. The van der Waals surface area contributed by atoms with Crippen molar-refractivity contribution in [3.63, 3.8) is 0 Å². The van der Waals surface area contributed by atoms with Crippen molar-refractivity contribution < 1.29 is 9.90 Å². The molecule has 0 amide bonds. The van der Waals surface area contributed by atoms with Crippen LogP contribution in [0.4, 0.5) is 0 Å². The molecular formula is C9H14O2. The van der Waals surface area contributed by atoms with E-state index < -0.39 is 5.97 Å². The van der Waals surface area contributed by atoms with E-state index in [2.05, 4.69) is 5.92 Å². The van der Waals surface area contributed by atoms with Crippen LogP contribution in [0.1, 0.15) is 26.7 Å². The fraction of sp³-hybridized carbons (Fsp3) is 0.667. The number of hydrogen-bond donors (Lipinski definition) is 1. The molecular weight excluding hydrogens is 140 g/mol. The first-order valence-corrected chi connectivity index (χ1v) is 3.75. The molecule has 0 saturated heterocycles. The van der Waals surface area contributed by atoms with Crippen molar-refractivity contribution in [1.29, 1.82) is 0 Å². The van der Waals surface area contributed by atoms with Gasteiger partial charge in [0.1, 0.15) is 0 Å². The lowest BCUT2D eigenvalue weighted by atomic mass is 9.91. The lowest BCUT2D eigenvalue weighted by Crippen LogP contribution is -2.19. The molecule has 0 aliphatic heterocycles. The number of hydrogen-bond acceptors (Lipinski definition) is 1. The SMILES string of the molecule is C#CCC[C@@H](C(=O)O)C(C)C. The number of aliphatic carboxylic acids is 1. The fourth-order valence-electron chi connectivity index (χ4n) is 0.981. The van der Waals surface area contributed by atoms with Gasteiger partial charge in [-0.15, -0.1) is 12.3 Å². The van der Waals surface area contributed by atoms with Crippen LogP contribution in [0, 0.1) is 24.2 Å². The second kappa shape index (κ2) is 4.79. The van der Waals surface area contributed by atoms with E-state index >= 15 is 0 Å². The molecule has 0 spiro atoms. The van der Waals surface area contributed by atoms with Gasteiger partial charge >= 0.3 is 5.97 Å². The van der Waals surface area contributed by atoms with Crippen molar-refractivity contribution >= 4 is 5.97 Å². The number of rotatable bonds is 4. The van der Waals surface area contributed by atoms with Gasteiger partial charge in [0.05, 0.1) is 5.92 Å². The Morgan fingerprint density at radius 3 is 2.45 bits per heavy atom. The van der Waals surface area contributed by atoms with Crippen molar-refractivity contribution in [1.82, 2.24) is 0 Å². The Hall–Kier alpha value is -0.970. The molecule has 62 valence electrons. The molecule has 0 aromatic rings. The van der Waals surface area contributed by atoms with Gasteiger partial charge in [-0.25, -0.2) is 0 Å². The Balaban J connectivity index is 3.92. The Morgan fingerprint density at radius 1 is 1.64 bits per heavy atom. The third-order valence-corrected chi connectivity index (χ3v) is 1.72. The Kier molecular flexibility index (Phi) is 4.36.